The lowest BCUT2D eigenvalue weighted by atomic mass is 10.1. The van der Waals surface area contributed by atoms with Crippen LogP contribution in [0.2, 0.25) is 0 Å². The van der Waals surface area contributed by atoms with Gasteiger partial charge in [-0.2, -0.15) is 0 Å². The van der Waals surface area contributed by atoms with Crippen molar-refractivity contribution in [3.8, 4) is 12.3 Å². The van der Waals surface area contributed by atoms with Gasteiger partial charge < -0.3 is 10.2 Å². The number of pyridine rings is 1. The first-order valence-corrected chi connectivity index (χ1v) is 6.47. The molecule has 1 aliphatic rings. The Bertz CT molecular complexity index is 469. The lowest BCUT2D eigenvalue weighted by Crippen LogP contribution is -2.24. The molecular formula is C15H21N3. The van der Waals surface area contributed by atoms with Gasteiger partial charge in [0, 0.05) is 30.9 Å². The number of rotatable bonds is 5. The number of nitrogens with one attached hydrogen (secondary N) is 1. The van der Waals surface area contributed by atoms with Crippen molar-refractivity contribution in [2.75, 3.05) is 18.5 Å². The van der Waals surface area contributed by atoms with E-state index in [4.69, 9.17) is 6.42 Å². The Balaban J connectivity index is 2.25. The van der Waals surface area contributed by atoms with Crippen molar-refractivity contribution in [1.29, 1.82) is 0 Å². The van der Waals surface area contributed by atoms with Gasteiger partial charge in [0.05, 0.1) is 6.54 Å². The average molecular weight is 243 g/mol. The largest absolute Gasteiger partial charge is 0.348 e. The van der Waals surface area contributed by atoms with Gasteiger partial charge in [-0.15, -0.1) is 6.42 Å². The Morgan fingerprint density at radius 1 is 1.50 bits per heavy atom. The summed E-state index contributed by atoms with van der Waals surface area (Å²) in [7, 11) is 2.00. The van der Waals surface area contributed by atoms with Crippen LogP contribution in [0.15, 0.2) is 6.07 Å². The molecular weight excluding hydrogens is 222 g/mol. The quantitative estimate of drug-likeness (QED) is 0.802. The Hall–Kier alpha value is -1.53. The number of anilines is 1. The van der Waals surface area contributed by atoms with E-state index in [9.17, 15) is 0 Å². The third kappa shape index (κ3) is 3.02. The zero-order chi connectivity index (χ0) is 13.1. The molecule has 0 amide bonds. The number of aryl methyl sites for hydroxylation is 2. The summed E-state index contributed by atoms with van der Waals surface area (Å²) >= 11 is 0. The molecule has 1 heterocycles. The summed E-state index contributed by atoms with van der Waals surface area (Å²) in [5.74, 6) is 3.69. The molecule has 0 unspecified atom stereocenters. The smallest absolute Gasteiger partial charge is 0.134 e. The molecule has 0 bridgehead atoms. The third-order valence-corrected chi connectivity index (χ3v) is 3.29. The first-order valence-electron chi connectivity index (χ1n) is 6.47. The van der Waals surface area contributed by atoms with Crippen molar-refractivity contribution in [3.63, 3.8) is 0 Å². The predicted octanol–water partition coefficient (Wildman–Crippen LogP) is 2.02. The SMILES string of the molecule is C#CCN(C)c1nc(C)cc(C)c1CNC1CC1. The molecule has 1 aromatic rings. The van der Waals surface area contributed by atoms with Crippen LogP contribution in [0.5, 0.6) is 0 Å². The summed E-state index contributed by atoms with van der Waals surface area (Å²) in [5.41, 5.74) is 3.60. The van der Waals surface area contributed by atoms with E-state index in [1.807, 2.05) is 18.9 Å². The van der Waals surface area contributed by atoms with Crippen molar-refractivity contribution in [3.05, 3.63) is 22.9 Å². The number of hydrogen-bond acceptors (Lipinski definition) is 3. The summed E-state index contributed by atoms with van der Waals surface area (Å²) in [5, 5.41) is 3.55. The van der Waals surface area contributed by atoms with Crippen LogP contribution < -0.4 is 10.2 Å². The van der Waals surface area contributed by atoms with Gasteiger partial charge in [-0.1, -0.05) is 5.92 Å². The molecule has 0 spiro atoms. The third-order valence-electron chi connectivity index (χ3n) is 3.29. The maximum atomic E-state index is 5.39. The fraction of sp³-hybridized carbons (Fsp3) is 0.533. The van der Waals surface area contributed by atoms with Crippen molar-refractivity contribution in [2.45, 2.75) is 39.3 Å². The molecule has 1 saturated carbocycles. The summed E-state index contributed by atoms with van der Waals surface area (Å²) in [6.07, 6.45) is 7.99. The minimum absolute atomic E-state index is 0.590. The van der Waals surface area contributed by atoms with Crippen molar-refractivity contribution < 1.29 is 0 Å². The molecule has 96 valence electrons. The molecule has 1 aromatic heterocycles. The van der Waals surface area contributed by atoms with E-state index in [0.717, 1.165) is 18.1 Å². The van der Waals surface area contributed by atoms with Crippen LogP contribution in [0.1, 0.15) is 29.7 Å². The molecule has 0 aromatic carbocycles. The van der Waals surface area contributed by atoms with Crippen LogP contribution in [0.4, 0.5) is 5.82 Å². The second-order valence-electron chi connectivity index (χ2n) is 5.10. The predicted molar refractivity (Wildman–Crippen MR) is 75.7 cm³/mol. The highest BCUT2D eigenvalue weighted by atomic mass is 15.2. The van der Waals surface area contributed by atoms with Gasteiger partial charge in [0.15, 0.2) is 0 Å². The standard InChI is InChI=1S/C15H21N3/c1-5-8-18(4)15-14(10-16-13-6-7-13)11(2)9-12(3)17-15/h1,9,13,16H,6-8,10H2,2-4H3. The molecule has 2 rings (SSSR count). The number of hydrogen-bond donors (Lipinski definition) is 1. The van der Waals surface area contributed by atoms with Gasteiger partial charge in [-0.05, 0) is 38.3 Å². The van der Waals surface area contributed by atoms with Gasteiger partial charge in [-0.25, -0.2) is 4.98 Å². The molecule has 18 heavy (non-hydrogen) atoms. The van der Waals surface area contributed by atoms with E-state index >= 15 is 0 Å². The highest BCUT2D eigenvalue weighted by molar-refractivity contribution is 5.51. The lowest BCUT2D eigenvalue weighted by molar-refractivity contribution is 0.681. The van der Waals surface area contributed by atoms with E-state index in [0.29, 0.717) is 12.6 Å². The maximum absolute atomic E-state index is 5.39. The van der Waals surface area contributed by atoms with Gasteiger partial charge in [0.1, 0.15) is 5.82 Å². The van der Waals surface area contributed by atoms with Gasteiger partial charge >= 0.3 is 0 Å². The number of terminal acetylenes is 1. The lowest BCUT2D eigenvalue weighted by Gasteiger charge is -2.21. The Morgan fingerprint density at radius 3 is 2.83 bits per heavy atom. The van der Waals surface area contributed by atoms with Crippen LogP contribution in [-0.2, 0) is 6.54 Å². The Kier molecular flexibility index (Phi) is 3.88. The second-order valence-corrected chi connectivity index (χ2v) is 5.10. The topological polar surface area (TPSA) is 28.2 Å². The molecule has 0 aliphatic heterocycles. The van der Waals surface area contributed by atoms with Gasteiger partial charge in [-0.3, -0.25) is 0 Å². The minimum Gasteiger partial charge on any atom is -0.348 e. The van der Waals surface area contributed by atoms with Crippen molar-refractivity contribution in [1.82, 2.24) is 10.3 Å². The summed E-state index contributed by atoms with van der Waals surface area (Å²) in [6.45, 7) is 5.64. The van der Waals surface area contributed by atoms with Gasteiger partial charge in [0.25, 0.3) is 0 Å². The van der Waals surface area contributed by atoms with Crippen LogP contribution in [0, 0.1) is 26.2 Å². The average Bonchev–Trinajstić information content (AvgIpc) is 3.11. The van der Waals surface area contributed by atoms with Crippen molar-refractivity contribution >= 4 is 5.82 Å². The minimum atomic E-state index is 0.590. The highest BCUT2D eigenvalue weighted by Gasteiger charge is 2.21. The molecule has 0 radical (unpaired) electrons. The Morgan fingerprint density at radius 2 is 2.22 bits per heavy atom. The van der Waals surface area contributed by atoms with Crippen LogP contribution in [0.25, 0.3) is 0 Å². The first kappa shape index (κ1) is 12.9. The maximum Gasteiger partial charge on any atom is 0.134 e. The van der Waals surface area contributed by atoms with Crippen LogP contribution in [-0.4, -0.2) is 24.6 Å². The zero-order valence-electron chi connectivity index (χ0n) is 11.5. The van der Waals surface area contributed by atoms with E-state index in [-0.39, 0.29) is 0 Å². The first-order chi connectivity index (χ1) is 8.61. The molecule has 1 N–H and O–H groups in total. The normalized spacial score (nSPS) is 14.3. The summed E-state index contributed by atoms with van der Waals surface area (Å²) < 4.78 is 0. The monoisotopic (exact) mass is 243 g/mol. The van der Waals surface area contributed by atoms with E-state index in [2.05, 4.69) is 29.2 Å². The van der Waals surface area contributed by atoms with Gasteiger partial charge in [0.2, 0.25) is 0 Å². The molecule has 3 nitrogen and oxygen atoms in total. The fourth-order valence-corrected chi connectivity index (χ4v) is 2.12. The van der Waals surface area contributed by atoms with E-state index in [1.165, 1.54) is 24.0 Å². The molecule has 0 saturated heterocycles. The summed E-state index contributed by atoms with van der Waals surface area (Å²) in [6, 6.07) is 2.84. The van der Waals surface area contributed by atoms with E-state index < -0.39 is 0 Å². The second kappa shape index (κ2) is 5.41. The molecule has 3 heteroatoms. The number of nitrogens with zero attached hydrogens (tertiary/aromatic N) is 2. The summed E-state index contributed by atoms with van der Waals surface area (Å²) in [4.78, 5) is 6.69. The van der Waals surface area contributed by atoms with Crippen molar-refractivity contribution in [2.24, 2.45) is 0 Å². The fourth-order valence-electron chi connectivity index (χ4n) is 2.12. The number of aromatic nitrogens is 1. The highest BCUT2D eigenvalue weighted by Crippen LogP contribution is 2.24. The van der Waals surface area contributed by atoms with E-state index in [1.54, 1.807) is 0 Å². The zero-order valence-corrected chi connectivity index (χ0v) is 11.5. The van der Waals surface area contributed by atoms with Crippen LogP contribution in [0.3, 0.4) is 0 Å². The molecule has 0 atom stereocenters. The Labute approximate surface area is 110 Å². The van der Waals surface area contributed by atoms with Crippen LogP contribution >= 0.6 is 0 Å². The molecule has 1 aliphatic carbocycles. The molecule has 1 fully saturated rings.